The molecule has 16 heavy (non-hydrogen) atoms. The van der Waals surface area contributed by atoms with Crippen molar-refractivity contribution >= 4 is 5.69 Å². The summed E-state index contributed by atoms with van der Waals surface area (Å²) in [7, 11) is 0. The van der Waals surface area contributed by atoms with Crippen molar-refractivity contribution in [3.63, 3.8) is 0 Å². The molecule has 0 fully saturated rings. The Kier molecular flexibility index (Phi) is 2.88. The van der Waals surface area contributed by atoms with E-state index in [4.69, 9.17) is 5.73 Å². The van der Waals surface area contributed by atoms with Gasteiger partial charge in [0.05, 0.1) is 12.3 Å². The molecule has 0 aromatic heterocycles. The number of aliphatic hydroxyl groups is 1. The molecule has 0 saturated heterocycles. The lowest BCUT2D eigenvalue weighted by Gasteiger charge is -2.08. The zero-order valence-electron chi connectivity index (χ0n) is 8.65. The molecule has 0 saturated carbocycles. The smallest absolute Gasteiger partial charge is 0.146 e. The van der Waals surface area contributed by atoms with Crippen molar-refractivity contribution in [2.24, 2.45) is 0 Å². The second-order valence-electron chi connectivity index (χ2n) is 3.55. The standard InChI is InChI=1S/C13H12FNO/c14-12-6-5-9(7-13(12)15)11-4-2-1-3-10(11)8-16/h1-7,16H,8,15H2. The SMILES string of the molecule is Nc1cc(-c2ccccc2CO)ccc1F. The van der Waals surface area contributed by atoms with E-state index in [0.717, 1.165) is 16.7 Å². The molecule has 0 heterocycles. The van der Waals surface area contributed by atoms with Crippen LogP contribution in [0.2, 0.25) is 0 Å². The Balaban J connectivity index is 2.54. The number of hydrogen-bond donors (Lipinski definition) is 2. The van der Waals surface area contributed by atoms with E-state index < -0.39 is 5.82 Å². The Labute approximate surface area is 93.2 Å². The summed E-state index contributed by atoms with van der Waals surface area (Å²) < 4.78 is 13.0. The van der Waals surface area contributed by atoms with Gasteiger partial charge in [0.25, 0.3) is 0 Å². The normalized spacial score (nSPS) is 10.4. The summed E-state index contributed by atoms with van der Waals surface area (Å²) in [6.45, 7) is -0.0482. The van der Waals surface area contributed by atoms with Gasteiger partial charge in [0.1, 0.15) is 5.82 Å². The van der Waals surface area contributed by atoms with Gasteiger partial charge < -0.3 is 10.8 Å². The van der Waals surface area contributed by atoms with Crippen LogP contribution < -0.4 is 5.73 Å². The molecule has 0 atom stereocenters. The number of benzene rings is 2. The maximum absolute atomic E-state index is 13.0. The van der Waals surface area contributed by atoms with E-state index in [2.05, 4.69) is 0 Å². The lowest BCUT2D eigenvalue weighted by atomic mass is 10.00. The van der Waals surface area contributed by atoms with Crippen LogP contribution in [0, 0.1) is 5.82 Å². The molecule has 0 spiro atoms. The molecular formula is C13H12FNO. The molecule has 0 bridgehead atoms. The summed E-state index contributed by atoms with van der Waals surface area (Å²) in [4.78, 5) is 0. The Morgan fingerprint density at radius 3 is 2.56 bits per heavy atom. The van der Waals surface area contributed by atoms with Gasteiger partial charge in [-0.1, -0.05) is 30.3 Å². The molecule has 3 heteroatoms. The number of nitrogens with two attached hydrogens (primary N) is 1. The first-order valence-electron chi connectivity index (χ1n) is 4.96. The van der Waals surface area contributed by atoms with Crippen LogP contribution >= 0.6 is 0 Å². The third kappa shape index (κ3) is 1.90. The van der Waals surface area contributed by atoms with Crippen molar-refractivity contribution in [1.29, 1.82) is 0 Å². The Bertz CT molecular complexity index is 511. The summed E-state index contributed by atoms with van der Waals surface area (Å²) in [5.41, 5.74) is 8.11. The van der Waals surface area contributed by atoms with E-state index in [9.17, 15) is 9.50 Å². The van der Waals surface area contributed by atoms with Gasteiger partial charge >= 0.3 is 0 Å². The molecule has 2 nitrogen and oxygen atoms in total. The summed E-state index contributed by atoms with van der Waals surface area (Å²) in [5.74, 6) is -0.426. The highest BCUT2D eigenvalue weighted by Gasteiger charge is 2.05. The molecule has 0 aliphatic heterocycles. The van der Waals surface area contributed by atoms with Gasteiger partial charge in [-0.2, -0.15) is 0 Å². The first-order valence-corrected chi connectivity index (χ1v) is 4.96. The third-order valence-electron chi connectivity index (χ3n) is 2.49. The van der Waals surface area contributed by atoms with Crippen molar-refractivity contribution in [2.75, 3.05) is 5.73 Å². The largest absolute Gasteiger partial charge is 0.396 e. The van der Waals surface area contributed by atoms with E-state index in [1.54, 1.807) is 12.1 Å². The Hall–Kier alpha value is -1.87. The first-order chi connectivity index (χ1) is 7.72. The minimum absolute atomic E-state index is 0.0482. The molecule has 0 amide bonds. The van der Waals surface area contributed by atoms with Crippen molar-refractivity contribution in [3.05, 3.63) is 53.8 Å². The van der Waals surface area contributed by atoms with Gasteiger partial charge in [0.15, 0.2) is 0 Å². The number of nitrogen functional groups attached to an aromatic ring is 1. The lowest BCUT2D eigenvalue weighted by molar-refractivity contribution is 0.282. The van der Waals surface area contributed by atoms with Gasteiger partial charge in [0, 0.05) is 0 Å². The number of hydrogen-bond acceptors (Lipinski definition) is 2. The fourth-order valence-electron chi connectivity index (χ4n) is 1.65. The highest BCUT2D eigenvalue weighted by Crippen LogP contribution is 2.26. The highest BCUT2D eigenvalue weighted by molar-refractivity contribution is 5.70. The summed E-state index contributed by atoms with van der Waals surface area (Å²) in [5, 5.41) is 9.20. The zero-order valence-corrected chi connectivity index (χ0v) is 8.65. The predicted molar refractivity (Wildman–Crippen MR) is 62.2 cm³/mol. The van der Waals surface area contributed by atoms with Gasteiger partial charge in [0.2, 0.25) is 0 Å². The van der Waals surface area contributed by atoms with E-state index in [1.807, 2.05) is 24.3 Å². The molecule has 82 valence electrons. The van der Waals surface area contributed by atoms with Crippen molar-refractivity contribution in [3.8, 4) is 11.1 Å². The molecule has 0 unspecified atom stereocenters. The fourth-order valence-corrected chi connectivity index (χ4v) is 1.65. The topological polar surface area (TPSA) is 46.2 Å². The first kappa shape index (κ1) is 10.6. The maximum atomic E-state index is 13.0. The molecule has 2 rings (SSSR count). The van der Waals surface area contributed by atoms with Crippen LogP contribution in [0.1, 0.15) is 5.56 Å². The average Bonchev–Trinajstić information content (AvgIpc) is 2.32. The summed E-state index contributed by atoms with van der Waals surface area (Å²) in [6.07, 6.45) is 0. The minimum Gasteiger partial charge on any atom is -0.396 e. The highest BCUT2D eigenvalue weighted by atomic mass is 19.1. The average molecular weight is 217 g/mol. The monoisotopic (exact) mass is 217 g/mol. The van der Waals surface area contributed by atoms with Crippen molar-refractivity contribution < 1.29 is 9.50 Å². The van der Waals surface area contributed by atoms with Gasteiger partial charge in [-0.3, -0.25) is 0 Å². The van der Waals surface area contributed by atoms with Gasteiger partial charge in [-0.05, 0) is 28.8 Å². The molecule has 0 aliphatic carbocycles. The molecule has 0 aliphatic rings. The minimum atomic E-state index is -0.426. The maximum Gasteiger partial charge on any atom is 0.146 e. The van der Waals surface area contributed by atoms with E-state index >= 15 is 0 Å². The summed E-state index contributed by atoms with van der Waals surface area (Å²) >= 11 is 0. The Morgan fingerprint density at radius 1 is 1.12 bits per heavy atom. The van der Waals surface area contributed by atoms with Crippen LogP contribution in [0.3, 0.4) is 0 Å². The van der Waals surface area contributed by atoms with Crippen LogP contribution in [0.4, 0.5) is 10.1 Å². The van der Waals surface area contributed by atoms with Crippen LogP contribution in [-0.4, -0.2) is 5.11 Å². The second-order valence-corrected chi connectivity index (χ2v) is 3.55. The summed E-state index contributed by atoms with van der Waals surface area (Å²) in [6, 6.07) is 12.0. The molecule has 2 aromatic rings. The zero-order chi connectivity index (χ0) is 11.5. The number of halogens is 1. The van der Waals surface area contributed by atoms with Crippen LogP contribution in [0.15, 0.2) is 42.5 Å². The third-order valence-corrected chi connectivity index (χ3v) is 2.49. The fraction of sp³-hybridized carbons (Fsp3) is 0.0769. The number of aliphatic hydroxyl groups excluding tert-OH is 1. The van der Waals surface area contributed by atoms with E-state index in [-0.39, 0.29) is 12.3 Å². The molecule has 2 aromatic carbocycles. The quantitative estimate of drug-likeness (QED) is 0.759. The van der Waals surface area contributed by atoms with Crippen LogP contribution in [-0.2, 0) is 6.61 Å². The molecular weight excluding hydrogens is 205 g/mol. The van der Waals surface area contributed by atoms with Gasteiger partial charge in [-0.25, -0.2) is 4.39 Å². The molecule has 3 N–H and O–H groups in total. The lowest BCUT2D eigenvalue weighted by Crippen LogP contribution is -1.93. The molecule has 0 radical (unpaired) electrons. The predicted octanol–water partition coefficient (Wildman–Crippen LogP) is 2.57. The van der Waals surface area contributed by atoms with E-state index in [0.29, 0.717) is 0 Å². The number of anilines is 1. The van der Waals surface area contributed by atoms with Crippen molar-refractivity contribution in [1.82, 2.24) is 0 Å². The number of rotatable bonds is 2. The van der Waals surface area contributed by atoms with Gasteiger partial charge in [-0.15, -0.1) is 0 Å². The van der Waals surface area contributed by atoms with E-state index in [1.165, 1.54) is 6.07 Å². The van der Waals surface area contributed by atoms with Crippen molar-refractivity contribution in [2.45, 2.75) is 6.61 Å². The van der Waals surface area contributed by atoms with Crippen LogP contribution in [0.5, 0.6) is 0 Å². The van der Waals surface area contributed by atoms with Crippen LogP contribution in [0.25, 0.3) is 11.1 Å². The Morgan fingerprint density at radius 2 is 1.88 bits per heavy atom. The second kappa shape index (κ2) is 4.33.